The summed E-state index contributed by atoms with van der Waals surface area (Å²) in [5, 5.41) is 13.7. The molecule has 3 aromatic rings. The highest BCUT2D eigenvalue weighted by molar-refractivity contribution is 5.79. The Balaban J connectivity index is 1.67. The van der Waals surface area contributed by atoms with Crippen LogP contribution in [0.4, 0.5) is 0 Å². The Labute approximate surface area is 183 Å². The van der Waals surface area contributed by atoms with Crippen molar-refractivity contribution < 1.29 is 4.90 Å². The Morgan fingerprint density at radius 2 is 1.90 bits per heavy atom. The van der Waals surface area contributed by atoms with Crippen molar-refractivity contribution >= 4 is 10.9 Å². The van der Waals surface area contributed by atoms with E-state index < -0.39 is 0 Å². The molecule has 1 fully saturated rings. The Kier molecular flexibility index (Phi) is 6.23. The van der Waals surface area contributed by atoms with Gasteiger partial charge in [-0.2, -0.15) is 0 Å². The molecule has 4 rings (SSSR count). The molecule has 1 saturated carbocycles. The van der Waals surface area contributed by atoms with Crippen molar-refractivity contribution in [2.24, 2.45) is 0 Å². The van der Waals surface area contributed by atoms with E-state index in [0.717, 1.165) is 35.3 Å². The lowest BCUT2D eigenvalue weighted by atomic mass is 9.93. The lowest BCUT2D eigenvalue weighted by molar-refractivity contribution is -0.954. The molecule has 0 amide bonds. The molecule has 166 valence electrons. The maximum atomic E-state index is 12.9. The van der Waals surface area contributed by atoms with Gasteiger partial charge in [0, 0.05) is 5.52 Å². The van der Waals surface area contributed by atoms with E-state index in [0.29, 0.717) is 12.6 Å². The van der Waals surface area contributed by atoms with Crippen LogP contribution in [0.15, 0.2) is 29.1 Å². The summed E-state index contributed by atoms with van der Waals surface area (Å²) in [6.07, 6.45) is 7.19. The van der Waals surface area contributed by atoms with E-state index in [9.17, 15) is 4.79 Å². The van der Waals surface area contributed by atoms with Crippen LogP contribution < -0.4 is 10.5 Å². The number of quaternary nitrogens is 1. The summed E-state index contributed by atoms with van der Waals surface area (Å²) in [7, 11) is 0. The number of H-pyrrole nitrogens is 1. The molecule has 1 aromatic carbocycles. The summed E-state index contributed by atoms with van der Waals surface area (Å²) in [4.78, 5) is 17.4. The number of hydrogen-bond donors (Lipinski definition) is 2. The van der Waals surface area contributed by atoms with Gasteiger partial charge in [0.1, 0.15) is 13.1 Å². The molecular formula is C24H35N6O+. The molecule has 1 atom stereocenters. The molecule has 31 heavy (non-hydrogen) atoms. The smallest absolute Gasteiger partial charge is 0.257 e. The second-order valence-electron chi connectivity index (χ2n) is 9.92. The summed E-state index contributed by atoms with van der Waals surface area (Å²) >= 11 is 0. The number of aromatic amines is 1. The van der Waals surface area contributed by atoms with Crippen LogP contribution in [0, 0.1) is 0 Å². The normalized spacial score (nSPS) is 16.6. The first-order valence-corrected chi connectivity index (χ1v) is 11.6. The Morgan fingerprint density at radius 3 is 2.61 bits per heavy atom. The van der Waals surface area contributed by atoms with Crippen LogP contribution in [-0.4, -0.2) is 31.2 Å². The summed E-state index contributed by atoms with van der Waals surface area (Å²) in [5.41, 5.74) is 2.87. The fourth-order valence-corrected chi connectivity index (χ4v) is 4.80. The SMILES string of the molecule is CCc1ccc2[nH]c(=O)c(C[NH+](Cc3nnnn3C(C)(C)C)C3CCCCC3)cc2c1. The number of hydrogen-bond acceptors (Lipinski definition) is 4. The van der Waals surface area contributed by atoms with E-state index in [4.69, 9.17) is 0 Å². The highest BCUT2D eigenvalue weighted by Gasteiger charge is 2.29. The van der Waals surface area contributed by atoms with Crippen molar-refractivity contribution in [3.63, 3.8) is 0 Å². The van der Waals surface area contributed by atoms with Crippen LogP contribution in [0.2, 0.25) is 0 Å². The minimum atomic E-state index is -0.173. The molecule has 7 heteroatoms. The van der Waals surface area contributed by atoms with Gasteiger partial charge in [0.15, 0.2) is 0 Å². The van der Waals surface area contributed by atoms with Crippen molar-refractivity contribution in [2.75, 3.05) is 0 Å². The van der Waals surface area contributed by atoms with Crippen LogP contribution in [0.5, 0.6) is 0 Å². The van der Waals surface area contributed by atoms with Crippen LogP contribution in [0.25, 0.3) is 10.9 Å². The molecule has 1 aliphatic carbocycles. The van der Waals surface area contributed by atoms with Gasteiger partial charge in [0.25, 0.3) is 5.56 Å². The third-order valence-electron chi connectivity index (χ3n) is 6.55. The van der Waals surface area contributed by atoms with Crippen LogP contribution in [0.3, 0.4) is 0 Å². The standard InChI is InChI=1S/C24H34N6O/c1-5-17-11-12-21-18(13-17)14-19(23(31)25-21)15-29(20-9-7-6-8-10-20)16-22-26-27-28-30(22)24(2,3)4/h11-14,20H,5-10,15-16H2,1-4H3,(H,25,31)/p+1. The van der Waals surface area contributed by atoms with Gasteiger partial charge in [-0.1, -0.05) is 19.4 Å². The van der Waals surface area contributed by atoms with Crippen LogP contribution in [0.1, 0.15) is 76.8 Å². The zero-order valence-electron chi connectivity index (χ0n) is 19.2. The van der Waals surface area contributed by atoms with Crippen molar-refractivity contribution in [1.82, 2.24) is 25.2 Å². The number of nitrogens with one attached hydrogen (secondary N) is 2. The predicted octanol–water partition coefficient (Wildman–Crippen LogP) is 2.75. The predicted molar refractivity (Wildman–Crippen MR) is 122 cm³/mol. The number of rotatable bonds is 6. The number of aryl methyl sites for hydroxylation is 1. The molecule has 0 aliphatic heterocycles. The number of benzene rings is 1. The second-order valence-corrected chi connectivity index (χ2v) is 9.92. The topological polar surface area (TPSA) is 80.9 Å². The number of aromatic nitrogens is 5. The van der Waals surface area contributed by atoms with E-state index in [1.165, 1.54) is 42.6 Å². The Morgan fingerprint density at radius 1 is 1.13 bits per heavy atom. The third kappa shape index (κ3) is 4.87. The quantitative estimate of drug-likeness (QED) is 0.639. The van der Waals surface area contributed by atoms with Crippen molar-refractivity contribution in [2.45, 2.75) is 90.9 Å². The van der Waals surface area contributed by atoms with Gasteiger partial charge in [-0.05, 0) is 92.5 Å². The highest BCUT2D eigenvalue weighted by atomic mass is 16.1. The monoisotopic (exact) mass is 423 g/mol. The maximum absolute atomic E-state index is 12.9. The first kappa shape index (κ1) is 21.7. The van der Waals surface area contributed by atoms with E-state index in [1.807, 2.05) is 10.7 Å². The Hall–Kier alpha value is -2.54. The molecule has 0 bridgehead atoms. The molecule has 7 nitrogen and oxygen atoms in total. The molecule has 1 aliphatic rings. The molecule has 2 aromatic heterocycles. The first-order chi connectivity index (χ1) is 14.8. The minimum Gasteiger partial charge on any atom is -0.322 e. The largest absolute Gasteiger partial charge is 0.322 e. The molecular weight excluding hydrogens is 388 g/mol. The van der Waals surface area contributed by atoms with E-state index >= 15 is 0 Å². The number of pyridine rings is 1. The summed E-state index contributed by atoms with van der Waals surface area (Å²) in [6, 6.07) is 8.90. The van der Waals surface area contributed by atoms with Gasteiger partial charge in [0.05, 0.1) is 17.1 Å². The molecule has 2 N–H and O–H groups in total. The lowest BCUT2D eigenvalue weighted by Crippen LogP contribution is -3.13. The first-order valence-electron chi connectivity index (χ1n) is 11.6. The van der Waals surface area contributed by atoms with Crippen LogP contribution >= 0.6 is 0 Å². The summed E-state index contributed by atoms with van der Waals surface area (Å²) in [5.74, 6) is 0.888. The number of fused-ring (bicyclic) bond motifs is 1. The molecule has 0 radical (unpaired) electrons. The zero-order valence-corrected chi connectivity index (χ0v) is 19.2. The van der Waals surface area contributed by atoms with Crippen molar-refractivity contribution in [3.05, 3.63) is 51.6 Å². The van der Waals surface area contributed by atoms with Crippen molar-refractivity contribution in [3.8, 4) is 0 Å². The highest BCUT2D eigenvalue weighted by Crippen LogP contribution is 2.18. The van der Waals surface area contributed by atoms with E-state index in [2.05, 4.69) is 66.4 Å². The summed E-state index contributed by atoms with van der Waals surface area (Å²) < 4.78 is 1.92. The number of nitrogens with zero attached hydrogens (tertiary/aromatic N) is 4. The lowest BCUT2D eigenvalue weighted by Gasteiger charge is -2.31. The summed E-state index contributed by atoms with van der Waals surface area (Å²) in [6.45, 7) is 9.92. The molecule has 0 saturated heterocycles. The van der Waals surface area contributed by atoms with E-state index in [1.54, 1.807) is 0 Å². The fourth-order valence-electron chi connectivity index (χ4n) is 4.80. The minimum absolute atomic E-state index is 0.0143. The average Bonchev–Trinajstić information content (AvgIpc) is 3.23. The fraction of sp³-hybridized carbons (Fsp3) is 0.583. The van der Waals surface area contributed by atoms with Gasteiger partial charge in [-0.25, -0.2) is 4.68 Å². The molecule has 2 heterocycles. The average molecular weight is 424 g/mol. The van der Waals surface area contributed by atoms with Gasteiger partial charge in [0.2, 0.25) is 5.82 Å². The van der Waals surface area contributed by atoms with Gasteiger partial charge in [-0.3, -0.25) is 4.79 Å². The van der Waals surface area contributed by atoms with Crippen molar-refractivity contribution in [1.29, 1.82) is 0 Å². The Bertz CT molecular complexity index is 1090. The maximum Gasteiger partial charge on any atom is 0.257 e. The van der Waals surface area contributed by atoms with Crippen LogP contribution in [-0.2, 0) is 25.0 Å². The molecule has 1 unspecified atom stereocenters. The zero-order chi connectivity index (χ0) is 22.0. The van der Waals surface area contributed by atoms with Gasteiger partial charge in [-0.15, -0.1) is 5.10 Å². The van der Waals surface area contributed by atoms with E-state index in [-0.39, 0.29) is 11.1 Å². The molecule has 0 spiro atoms. The second kappa shape index (κ2) is 8.91. The third-order valence-corrected chi connectivity index (χ3v) is 6.55. The van der Waals surface area contributed by atoms with Gasteiger partial charge < -0.3 is 9.88 Å². The van der Waals surface area contributed by atoms with Gasteiger partial charge >= 0.3 is 0 Å². The number of tetrazole rings is 1.